The fourth-order valence-corrected chi connectivity index (χ4v) is 5.26. The van der Waals surface area contributed by atoms with Crippen molar-refractivity contribution in [3.05, 3.63) is 29.3 Å². The molecule has 0 radical (unpaired) electrons. The molecule has 3 nitrogen and oxygen atoms in total. The molecule has 0 aliphatic heterocycles. The number of hydrogen-bond acceptors (Lipinski definition) is 3. The van der Waals surface area contributed by atoms with Gasteiger partial charge < -0.3 is 9.47 Å². The molecule has 29 heavy (non-hydrogen) atoms. The van der Waals surface area contributed by atoms with Crippen LogP contribution >= 0.6 is 0 Å². The number of carbonyl (C=O) groups is 1. The minimum Gasteiger partial charge on any atom is -0.496 e. The maximum atomic E-state index is 12.7. The number of rotatable bonds is 9. The molecule has 2 bridgehead atoms. The topological polar surface area (TPSA) is 35.5 Å². The molecular formula is C26H38O3. The third kappa shape index (κ3) is 3.85. The molecule has 4 rings (SSSR count). The van der Waals surface area contributed by atoms with Crippen molar-refractivity contribution >= 4 is 11.4 Å². The number of fused-ring (bicyclic) bond motifs is 1. The van der Waals surface area contributed by atoms with Crippen LogP contribution in [-0.4, -0.2) is 20.0 Å². The van der Waals surface area contributed by atoms with Gasteiger partial charge >= 0.3 is 0 Å². The van der Waals surface area contributed by atoms with Gasteiger partial charge in [-0.15, -0.1) is 0 Å². The quantitative estimate of drug-likeness (QED) is 0.441. The Morgan fingerprint density at radius 3 is 2.14 bits per heavy atom. The van der Waals surface area contributed by atoms with Crippen LogP contribution in [0.3, 0.4) is 0 Å². The van der Waals surface area contributed by atoms with Crippen LogP contribution in [0.25, 0.3) is 5.57 Å². The summed E-state index contributed by atoms with van der Waals surface area (Å²) in [6, 6.07) is 4.33. The number of ketones is 1. The smallest absolute Gasteiger partial charge is 0.159 e. The third-order valence-corrected chi connectivity index (χ3v) is 7.52. The average molecular weight is 399 g/mol. The molecule has 2 atom stereocenters. The van der Waals surface area contributed by atoms with Gasteiger partial charge in [-0.2, -0.15) is 0 Å². The van der Waals surface area contributed by atoms with Crippen LogP contribution in [0.5, 0.6) is 11.5 Å². The molecule has 0 aromatic heterocycles. The molecule has 160 valence electrons. The third-order valence-electron chi connectivity index (χ3n) is 7.52. The molecule has 1 aromatic rings. The van der Waals surface area contributed by atoms with Crippen molar-refractivity contribution in [3.63, 3.8) is 0 Å². The Kier molecular flexibility index (Phi) is 6.17. The molecule has 0 unspecified atom stereocenters. The van der Waals surface area contributed by atoms with Gasteiger partial charge in [-0.3, -0.25) is 4.79 Å². The molecular weight excluding hydrogens is 360 g/mol. The zero-order chi connectivity index (χ0) is 21.4. The zero-order valence-electron chi connectivity index (χ0n) is 19.4. The Labute approximate surface area is 176 Å². The lowest BCUT2D eigenvalue weighted by Gasteiger charge is -2.55. The summed E-state index contributed by atoms with van der Waals surface area (Å²) in [6.45, 7) is 11.3. The highest BCUT2D eigenvalue weighted by Gasteiger charge is 2.56. The van der Waals surface area contributed by atoms with E-state index < -0.39 is 0 Å². The van der Waals surface area contributed by atoms with Gasteiger partial charge in [-0.05, 0) is 58.9 Å². The molecule has 0 amide bonds. The summed E-state index contributed by atoms with van der Waals surface area (Å²) in [5, 5.41) is 0. The van der Waals surface area contributed by atoms with Gasteiger partial charge in [0.2, 0.25) is 0 Å². The summed E-state index contributed by atoms with van der Waals surface area (Å²) in [5.74, 6) is 2.43. The molecule has 3 aliphatic rings. The van der Waals surface area contributed by atoms with Crippen LogP contribution in [0.2, 0.25) is 0 Å². The molecule has 0 spiro atoms. The first-order chi connectivity index (χ1) is 13.7. The van der Waals surface area contributed by atoms with Crippen LogP contribution < -0.4 is 9.47 Å². The molecule has 0 saturated heterocycles. The van der Waals surface area contributed by atoms with E-state index in [-0.39, 0.29) is 22.5 Å². The SMILES string of the molecule is CCCCCCC(C)(C)c1cc(OC)c(C2=CC(=O)[C@H]3C[C@@H]2C3(C)C)c(OC)c1. The maximum absolute atomic E-state index is 12.7. The van der Waals surface area contributed by atoms with Crippen molar-refractivity contribution in [3.8, 4) is 11.5 Å². The highest BCUT2D eigenvalue weighted by atomic mass is 16.5. The van der Waals surface area contributed by atoms with Gasteiger partial charge in [0.15, 0.2) is 5.78 Å². The van der Waals surface area contributed by atoms with Crippen molar-refractivity contribution in [2.24, 2.45) is 17.3 Å². The van der Waals surface area contributed by atoms with Crippen molar-refractivity contribution in [2.45, 2.75) is 78.6 Å². The molecule has 1 fully saturated rings. The van der Waals surface area contributed by atoms with Gasteiger partial charge in [-0.25, -0.2) is 0 Å². The molecule has 1 aromatic carbocycles. The summed E-state index contributed by atoms with van der Waals surface area (Å²) >= 11 is 0. The van der Waals surface area contributed by atoms with Crippen LogP contribution in [0.1, 0.15) is 84.3 Å². The fourth-order valence-electron chi connectivity index (χ4n) is 5.26. The van der Waals surface area contributed by atoms with Crippen LogP contribution in [0.15, 0.2) is 18.2 Å². The summed E-state index contributed by atoms with van der Waals surface area (Å²) in [4.78, 5) is 12.7. The number of methoxy groups -OCH3 is 2. The second-order valence-corrected chi connectivity index (χ2v) is 10.1. The number of benzene rings is 1. The second kappa shape index (κ2) is 8.16. The van der Waals surface area contributed by atoms with Gasteiger partial charge in [0.1, 0.15) is 11.5 Å². The van der Waals surface area contributed by atoms with E-state index >= 15 is 0 Å². The van der Waals surface area contributed by atoms with Crippen molar-refractivity contribution in [1.29, 1.82) is 0 Å². The van der Waals surface area contributed by atoms with Crippen LogP contribution in [0.4, 0.5) is 0 Å². The van der Waals surface area contributed by atoms with Crippen LogP contribution in [-0.2, 0) is 10.2 Å². The lowest BCUT2D eigenvalue weighted by atomic mass is 9.47. The van der Waals surface area contributed by atoms with Gasteiger partial charge in [0.25, 0.3) is 0 Å². The van der Waals surface area contributed by atoms with E-state index in [0.717, 1.165) is 35.5 Å². The lowest BCUT2D eigenvalue weighted by Crippen LogP contribution is -2.52. The highest BCUT2D eigenvalue weighted by molar-refractivity contribution is 6.04. The van der Waals surface area contributed by atoms with E-state index in [0.29, 0.717) is 5.92 Å². The fraction of sp³-hybridized carbons (Fsp3) is 0.654. The van der Waals surface area contributed by atoms with Gasteiger partial charge in [0, 0.05) is 5.92 Å². The predicted molar refractivity (Wildman–Crippen MR) is 120 cm³/mol. The Hall–Kier alpha value is -1.77. The Balaban J connectivity index is 1.99. The van der Waals surface area contributed by atoms with Crippen molar-refractivity contribution in [2.75, 3.05) is 14.2 Å². The van der Waals surface area contributed by atoms with E-state index in [1.807, 2.05) is 6.08 Å². The minimum absolute atomic E-state index is 0.00834. The summed E-state index contributed by atoms with van der Waals surface area (Å²) in [6.07, 6.45) is 8.97. The second-order valence-electron chi connectivity index (χ2n) is 10.1. The Morgan fingerprint density at radius 2 is 1.66 bits per heavy atom. The standard InChI is InChI=1S/C26H38O3/c1-8-9-10-11-12-25(2,3)17-13-22(28-6)24(23(14-17)29-7)18-15-21(27)20-16-19(18)26(20,4)5/h13-15,19-20H,8-12,16H2,1-7H3/t19-,20+/m0/s1. The van der Waals surface area contributed by atoms with E-state index in [2.05, 4.69) is 46.8 Å². The highest BCUT2D eigenvalue weighted by Crippen LogP contribution is 2.62. The molecule has 3 heteroatoms. The zero-order valence-corrected chi connectivity index (χ0v) is 19.4. The van der Waals surface area contributed by atoms with Crippen molar-refractivity contribution < 1.29 is 14.3 Å². The van der Waals surface area contributed by atoms with E-state index in [1.54, 1.807) is 14.2 Å². The molecule has 1 saturated carbocycles. The first-order valence-electron chi connectivity index (χ1n) is 11.2. The monoisotopic (exact) mass is 398 g/mol. The number of hydrogen-bond donors (Lipinski definition) is 0. The molecule has 3 aliphatic carbocycles. The number of ether oxygens (including phenoxy) is 2. The normalized spacial score (nSPS) is 22.7. The number of carbonyl (C=O) groups excluding carboxylic acids is 1. The number of allylic oxidation sites excluding steroid dienone is 2. The van der Waals surface area contributed by atoms with E-state index in [4.69, 9.17) is 9.47 Å². The summed E-state index contributed by atoms with van der Waals surface area (Å²) in [5.41, 5.74) is 3.34. The summed E-state index contributed by atoms with van der Waals surface area (Å²) < 4.78 is 11.7. The Bertz CT molecular complexity index is 775. The van der Waals surface area contributed by atoms with Gasteiger partial charge in [-0.1, -0.05) is 60.3 Å². The maximum Gasteiger partial charge on any atom is 0.159 e. The largest absolute Gasteiger partial charge is 0.496 e. The predicted octanol–water partition coefficient (Wildman–Crippen LogP) is 6.58. The molecule has 0 N–H and O–H groups in total. The minimum atomic E-state index is 0.00834. The van der Waals surface area contributed by atoms with Gasteiger partial charge in [0.05, 0.1) is 19.8 Å². The van der Waals surface area contributed by atoms with Crippen molar-refractivity contribution in [1.82, 2.24) is 0 Å². The first kappa shape index (κ1) is 21.9. The van der Waals surface area contributed by atoms with E-state index in [1.165, 1.54) is 31.2 Å². The van der Waals surface area contributed by atoms with E-state index in [9.17, 15) is 4.79 Å². The molecule has 0 heterocycles. The summed E-state index contributed by atoms with van der Waals surface area (Å²) in [7, 11) is 3.44. The first-order valence-corrected chi connectivity index (χ1v) is 11.2. The lowest BCUT2D eigenvalue weighted by molar-refractivity contribution is -0.132. The number of unbranched alkanes of at least 4 members (excludes halogenated alkanes) is 3. The Morgan fingerprint density at radius 1 is 1.03 bits per heavy atom. The average Bonchev–Trinajstić information content (AvgIpc) is 2.69. The van der Waals surface area contributed by atoms with Crippen LogP contribution in [0, 0.1) is 17.3 Å².